The van der Waals surface area contributed by atoms with E-state index in [0.29, 0.717) is 16.1 Å². The van der Waals surface area contributed by atoms with E-state index in [1.54, 1.807) is 0 Å². The van der Waals surface area contributed by atoms with Crippen molar-refractivity contribution in [3.05, 3.63) is 52.0 Å². The standard InChI is InChI=1S/C16H21Cl2N3/c1-3-7-21-8-6-20-16(21)11-13(19-2)9-12-4-5-14(17)15(18)10-12/h4-6,8,10,13,19H,3,7,9,11H2,1-2H3. The Hall–Kier alpha value is -1.03. The Balaban J connectivity index is 2.05. The molecule has 1 aromatic carbocycles. The summed E-state index contributed by atoms with van der Waals surface area (Å²) in [5, 5.41) is 4.57. The molecule has 0 saturated heterocycles. The van der Waals surface area contributed by atoms with Gasteiger partial charge in [0.15, 0.2) is 0 Å². The molecule has 0 spiro atoms. The zero-order valence-electron chi connectivity index (χ0n) is 12.4. The van der Waals surface area contributed by atoms with Gasteiger partial charge in [0.25, 0.3) is 0 Å². The van der Waals surface area contributed by atoms with Crippen molar-refractivity contribution in [3.8, 4) is 0 Å². The van der Waals surface area contributed by atoms with Crippen LogP contribution >= 0.6 is 23.2 Å². The summed E-state index contributed by atoms with van der Waals surface area (Å²) in [6, 6.07) is 6.13. The molecule has 0 amide bonds. The van der Waals surface area contributed by atoms with Gasteiger partial charge in [0, 0.05) is 31.4 Å². The summed E-state index contributed by atoms with van der Waals surface area (Å²) in [5.41, 5.74) is 1.18. The number of nitrogens with one attached hydrogen (secondary N) is 1. The zero-order valence-corrected chi connectivity index (χ0v) is 14.0. The topological polar surface area (TPSA) is 29.9 Å². The third-order valence-corrected chi connectivity index (χ3v) is 4.31. The Bertz CT molecular complexity index is 581. The number of aryl methyl sites for hydroxylation is 1. The van der Waals surface area contributed by atoms with Gasteiger partial charge in [0.2, 0.25) is 0 Å². The largest absolute Gasteiger partial charge is 0.335 e. The molecule has 0 aliphatic rings. The highest BCUT2D eigenvalue weighted by Crippen LogP contribution is 2.23. The smallest absolute Gasteiger partial charge is 0.110 e. The monoisotopic (exact) mass is 325 g/mol. The molecule has 3 nitrogen and oxygen atoms in total. The Morgan fingerprint density at radius 2 is 2.05 bits per heavy atom. The van der Waals surface area contributed by atoms with Crippen LogP contribution in [0.5, 0.6) is 0 Å². The van der Waals surface area contributed by atoms with Gasteiger partial charge in [-0.05, 0) is 37.6 Å². The van der Waals surface area contributed by atoms with Gasteiger partial charge in [-0.2, -0.15) is 0 Å². The van der Waals surface area contributed by atoms with Crippen molar-refractivity contribution in [2.45, 2.75) is 38.8 Å². The summed E-state index contributed by atoms with van der Waals surface area (Å²) < 4.78 is 2.22. The van der Waals surface area contributed by atoms with E-state index in [9.17, 15) is 0 Å². The van der Waals surface area contributed by atoms with E-state index >= 15 is 0 Å². The second-order valence-corrected chi connectivity index (χ2v) is 5.99. The van der Waals surface area contributed by atoms with Gasteiger partial charge in [-0.3, -0.25) is 0 Å². The molecule has 114 valence electrons. The summed E-state index contributed by atoms with van der Waals surface area (Å²) in [5.74, 6) is 1.12. The normalized spacial score (nSPS) is 12.6. The summed E-state index contributed by atoms with van der Waals surface area (Å²) in [4.78, 5) is 4.47. The number of hydrogen-bond acceptors (Lipinski definition) is 2. The number of imidazole rings is 1. The van der Waals surface area contributed by atoms with Crippen molar-refractivity contribution in [3.63, 3.8) is 0 Å². The first-order chi connectivity index (χ1) is 10.1. The summed E-state index contributed by atoms with van der Waals surface area (Å²) in [6.07, 6.45) is 6.82. The third kappa shape index (κ3) is 4.47. The van der Waals surface area contributed by atoms with Crippen molar-refractivity contribution in [1.82, 2.24) is 14.9 Å². The molecule has 0 saturated carbocycles. The third-order valence-electron chi connectivity index (χ3n) is 3.57. The van der Waals surface area contributed by atoms with E-state index in [0.717, 1.165) is 31.6 Å². The lowest BCUT2D eigenvalue weighted by atomic mass is 10.0. The molecule has 0 aliphatic heterocycles. The molecule has 0 radical (unpaired) electrons. The van der Waals surface area contributed by atoms with Crippen molar-refractivity contribution >= 4 is 23.2 Å². The fourth-order valence-corrected chi connectivity index (χ4v) is 2.74. The molecule has 1 aromatic heterocycles. The van der Waals surface area contributed by atoms with Crippen LogP contribution in [0.4, 0.5) is 0 Å². The SMILES string of the molecule is CCCn1ccnc1CC(Cc1ccc(Cl)c(Cl)c1)NC. The minimum absolute atomic E-state index is 0.320. The Labute approximate surface area is 136 Å². The van der Waals surface area contributed by atoms with Crippen LogP contribution in [0.2, 0.25) is 10.0 Å². The highest BCUT2D eigenvalue weighted by Gasteiger charge is 2.13. The van der Waals surface area contributed by atoms with Crippen LogP contribution in [0, 0.1) is 0 Å². The van der Waals surface area contributed by atoms with Crippen molar-refractivity contribution in [2.24, 2.45) is 0 Å². The minimum Gasteiger partial charge on any atom is -0.335 e. The number of nitrogens with zero attached hydrogens (tertiary/aromatic N) is 2. The Morgan fingerprint density at radius 1 is 1.24 bits per heavy atom. The van der Waals surface area contributed by atoms with Gasteiger partial charge in [-0.15, -0.1) is 0 Å². The first-order valence-electron chi connectivity index (χ1n) is 7.25. The molecule has 1 unspecified atom stereocenters. The van der Waals surface area contributed by atoms with Crippen LogP contribution in [0.1, 0.15) is 24.7 Å². The maximum Gasteiger partial charge on any atom is 0.110 e. The molecule has 0 fully saturated rings. The number of rotatable bonds is 7. The summed E-state index contributed by atoms with van der Waals surface area (Å²) in [7, 11) is 1.98. The molecule has 21 heavy (non-hydrogen) atoms. The first kappa shape index (κ1) is 16.3. The molecule has 5 heteroatoms. The van der Waals surface area contributed by atoms with Gasteiger partial charge >= 0.3 is 0 Å². The predicted molar refractivity (Wildman–Crippen MR) is 89.2 cm³/mol. The van der Waals surface area contributed by atoms with Gasteiger partial charge in [-0.25, -0.2) is 4.98 Å². The number of aromatic nitrogens is 2. The van der Waals surface area contributed by atoms with Gasteiger partial charge < -0.3 is 9.88 Å². The molecule has 2 rings (SSSR count). The Morgan fingerprint density at radius 3 is 2.71 bits per heavy atom. The quantitative estimate of drug-likeness (QED) is 0.834. The molecule has 0 aliphatic carbocycles. The molecule has 1 atom stereocenters. The molecule has 1 N–H and O–H groups in total. The van der Waals surface area contributed by atoms with Gasteiger partial charge in [0.05, 0.1) is 10.0 Å². The van der Waals surface area contributed by atoms with Gasteiger partial charge in [-0.1, -0.05) is 36.2 Å². The van der Waals surface area contributed by atoms with Crippen LogP contribution in [-0.4, -0.2) is 22.6 Å². The van der Waals surface area contributed by atoms with Crippen molar-refractivity contribution in [1.29, 1.82) is 0 Å². The van der Waals surface area contributed by atoms with E-state index in [-0.39, 0.29) is 0 Å². The number of likely N-dealkylation sites (N-methyl/N-ethyl adjacent to an activating group) is 1. The summed E-state index contributed by atoms with van der Waals surface area (Å²) >= 11 is 12.0. The second-order valence-electron chi connectivity index (χ2n) is 5.18. The molecule has 2 aromatic rings. The first-order valence-corrected chi connectivity index (χ1v) is 8.00. The van der Waals surface area contributed by atoms with E-state index in [2.05, 4.69) is 21.8 Å². The van der Waals surface area contributed by atoms with Gasteiger partial charge in [0.1, 0.15) is 5.82 Å². The lowest BCUT2D eigenvalue weighted by Gasteiger charge is -2.17. The van der Waals surface area contributed by atoms with E-state index in [1.807, 2.05) is 37.6 Å². The zero-order chi connectivity index (χ0) is 15.2. The number of halogens is 2. The average Bonchev–Trinajstić information content (AvgIpc) is 2.90. The highest BCUT2D eigenvalue weighted by atomic mass is 35.5. The van der Waals surface area contributed by atoms with E-state index in [4.69, 9.17) is 23.2 Å². The van der Waals surface area contributed by atoms with E-state index < -0.39 is 0 Å². The fourth-order valence-electron chi connectivity index (χ4n) is 2.42. The van der Waals surface area contributed by atoms with Crippen LogP contribution in [0.3, 0.4) is 0 Å². The lowest BCUT2D eigenvalue weighted by molar-refractivity contribution is 0.520. The predicted octanol–water partition coefficient (Wildman–Crippen LogP) is 3.97. The minimum atomic E-state index is 0.320. The second kappa shape index (κ2) is 7.83. The van der Waals surface area contributed by atoms with Crippen LogP contribution in [0.25, 0.3) is 0 Å². The maximum atomic E-state index is 6.08. The number of benzene rings is 1. The lowest BCUT2D eigenvalue weighted by Crippen LogP contribution is -2.31. The van der Waals surface area contributed by atoms with Crippen LogP contribution in [-0.2, 0) is 19.4 Å². The van der Waals surface area contributed by atoms with E-state index in [1.165, 1.54) is 5.56 Å². The molecular weight excluding hydrogens is 305 g/mol. The maximum absolute atomic E-state index is 6.08. The highest BCUT2D eigenvalue weighted by molar-refractivity contribution is 6.42. The molecular formula is C16H21Cl2N3. The average molecular weight is 326 g/mol. The summed E-state index contributed by atoms with van der Waals surface area (Å²) in [6.45, 7) is 3.19. The van der Waals surface area contributed by atoms with Crippen molar-refractivity contribution in [2.75, 3.05) is 7.05 Å². The number of hydrogen-bond donors (Lipinski definition) is 1. The molecule has 1 heterocycles. The molecule has 0 bridgehead atoms. The van der Waals surface area contributed by atoms with Crippen LogP contribution < -0.4 is 5.32 Å². The Kier molecular flexibility index (Phi) is 6.09. The van der Waals surface area contributed by atoms with Crippen molar-refractivity contribution < 1.29 is 0 Å². The van der Waals surface area contributed by atoms with Crippen LogP contribution in [0.15, 0.2) is 30.6 Å². The fraction of sp³-hybridized carbons (Fsp3) is 0.438.